The average molecular weight is 492 g/mol. The van der Waals surface area contributed by atoms with Gasteiger partial charge in [0.1, 0.15) is 5.75 Å². The van der Waals surface area contributed by atoms with Crippen LogP contribution in [0.4, 0.5) is 28.2 Å². The maximum atomic E-state index is 12.9. The van der Waals surface area contributed by atoms with Crippen molar-refractivity contribution in [2.24, 2.45) is 0 Å². The van der Waals surface area contributed by atoms with Crippen molar-refractivity contribution in [3.8, 4) is 17.1 Å². The Kier molecular flexibility index (Phi) is 6.90. The number of hydrogen-bond donors (Lipinski definition) is 2. The van der Waals surface area contributed by atoms with Crippen LogP contribution < -0.4 is 15.4 Å². The highest BCUT2D eigenvalue weighted by molar-refractivity contribution is 6.40. The summed E-state index contributed by atoms with van der Waals surface area (Å²) in [6.07, 6.45) is -8.62. The van der Waals surface area contributed by atoms with Gasteiger partial charge in [-0.2, -0.15) is 17.6 Å². The monoisotopic (exact) mass is 491 g/mol. The molecule has 3 amide bonds. The van der Waals surface area contributed by atoms with Gasteiger partial charge in [-0.3, -0.25) is 15.4 Å². The molecule has 1 aromatic heterocycles. The van der Waals surface area contributed by atoms with Crippen LogP contribution in [0.3, 0.4) is 0 Å². The lowest BCUT2D eigenvalue weighted by molar-refractivity contribution is -0.253. The molecule has 13 heteroatoms. The van der Waals surface area contributed by atoms with E-state index >= 15 is 0 Å². The molecule has 7 nitrogen and oxygen atoms in total. The number of nitrogens with one attached hydrogen (secondary N) is 2. The van der Waals surface area contributed by atoms with Gasteiger partial charge in [0.15, 0.2) is 11.6 Å². The minimum atomic E-state index is -4.64. The fourth-order valence-electron chi connectivity index (χ4n) is 2.39. The molecular weight excluding hydrogens is 481 g/mol. The van der Waals surface area contributed by atoms with Crippen molar-refractivity contribution in [2.75, 3.05) is 5.32 Å². The molecule has 0 unspecified atom stereocenters. The fraction of sp³-hybridized carbons (Fsp3) is 0.105. The highest BCUT2D eigenvalue weighted by Crippen LogP contribution is 2.30. The molecule has 0 saturated carbocycles. The van der Waals surface area contributed by atoms with E-state index in [1.165, 1.54) is 36.4 Å². The zero-order valence-corrected chi connectivity index (χ0v) is 17.1. The van der Waals surface area contributed by atoms with Crippen LogP contribution in [0.1, 0.15) is 10.4 Å². The number of carbonyl (C=O) groups excluding carboxylic acids is 2. The normalized spacial score (nSPS) is 11.3. The number of amides is 3. The highest BCUT2D eigenvalue weighted by atomic mass is 35.5. The van der Waals surface area contributed by atoms with Gasteiger partial charge in [0.2, 0.25) is 0 Å². The first-order chi connectivity index (χ1) is 15.1. The van der Waals surface area contributed by atoms with E-state index in [0.717, 1.165) is 12.1 Å². The molecule has 2 N–H and O–H groups in total. The molecule has 0 atom stereocenters. The van der Waals surface area contributed by atoms with Crippen LogP contribution >= 0.6 is 23.2 Å². The lowest BCUT2D eigenvalue weighted by Gasteiger charge is -2.16. The third-order valence-electron chi connectivity index (χ3n) is 3.82. The summed E-state index contributed by atoms with van der Waals surface area (Å²) in [5, 5.41) is 7.97. The molecule has 168 valence electrons. The van der Waals surface area contributed by atoms with Crippen LogP contribution in [-0.2, 0) is 0 Å². The topological polar surface area (TPSA) is 93.5 Å². The van der Waals surface area contributed by atoms with Gasteiger partial charge in [-0.05, 0) is 36.4 Å². The quantitative estimate of drug-likeness (QED) is 0.422. The number of rotatable bonds is 6. The summed E-state index contributed by atoms with van der Waals surface area (Å²) in [5.74, 6) is -1.32. The molecule has 2 aromatic carbocycles. The third-order valence-corrected chi connectivity index (χ3v) is 4.45. The number of aromatic nitrogens is 1. The van der Waals surface area contributed by atoms with Crippen molar-refractivity contribution in [2.45, 2.75) is 12.5 Å². The van der Waals surface area contributed by atoms with E-state index in [1.807, 2.05) is 5.32 Å². The maximum Gasteiger partial charge on any atom is 0.461 e. The van der Waals surface area contributed by atoms with Gasteiger partial charge in [-0.25, -0.2) is 4.79 Å². The number of anilines is 1. The number of ether oxygens (including phenoxy) is 1. The van der Waals surface area contributed by atoms with Crippen molar-refractivity contribution in [3.63, 3.8) is 0 Å². The van der Waals surface area contributed by atoms with E-state index in [0.29, 0.717) is 5.56 Å². The van der Waals surface area contributed by atoms with Gasteiger partial charge < -0.3 is 9.26 Å². The third kappa shape index (κ3) is 5.48. The number of halogens is 6. The molecule has 0 saturated heterocycles. The molecule has 0 fully saturated rings. The predicted molar refractivity (Wildman–Crippen MR) is 106 cm³/mol. The van der Waals surface area contributed by atoms with Crippen LogP contribution in [0.2, 0.25) is 10.0 Å². The summed E-state index contributed by atoms with van der Waals surface area (Å²) in [4.78, 5) is 24.2. The van der Waals surface area contributed by atoms with Gasteiger partial charge in [-0.1, -0.05) is 34.4 Å². The van der Waals surface area contributed by atoms with Crippen LogP contribution in [0.25, 0.3) is 11.3 Å². The molecule has 0 aliphatic heterocycles. The second-order valence-corrected chi connectivity index (χ2v) is 6.88. The lowest BCUT2D eigenvalue weighted by atomic mass is 10.1. The van der Waals surface area contributed by atoms with Gasteiger partial charge >= 0.3 is 18.6 Å². The number of urea groups is 1. The Hall–Kier alpha value is -3.31. The van der Waals surface area contributed by atoms with E-state index in [2.05, 4.69) is 15.2 Å². The van der Waals surface area contributed by atoms with Crippen molar-refractivity contribution < 1.29 is 36.4 Å². The Labute approximate surface area is 187 Å². The second kappa shape index (κ2) is 9.45. The molecule has 0 aliphatic rings. The van der Waals surface area contributed by atoms with E-state index in [9.17, 15) is 27.2 Å². The molecule has 0 radical (unpaired) electrons. The number of hydrogen-bond acceptors (Lipinski definition) is 5. The summed E-state index contributed by atoms with van der Waals surface area (Å²) >= 11 is 11.8. The number of benzene rings is 2. The smallest absolute Gasteiger partial charge is 0.428 e. The predicted octanol–water partition coefficient (Wildman–Crippen LogP) is 5.85. The van der Waals surface area contributed by atoms with Gasteiger partial charge in [-0.15, -0.1) is 0 Å². The first kappa shape index (κ1) is 23.4. The Morgan fingerprint density at radius 1 is 1.06 bits per heavy atom. The number of alkyl halides is 4. The maximum absolute atomic E-state index is 12.9. The first-order valence-electron chi connectivity index (χ1n) is 8.55. The molecule has 0 spiro atoms. The molecule has 32 heavy (non-hydrogen) atoms. The fourth-order valence-corrected chi connectivity index (χ4v) is 2.96. The van der Waals surface area contributed by atoms with Gasteiger partial charge in [0.05, 0.1) is 15.6 Å². The standard InChI is InChI=1S/C19H11Cl2F4N3O4/c20-11-2-1-3-12(21)15(11)16(29)27-18(30)26-14-8-13(32-28-14)9-4-6-10(7-5-9)31-19(24,25)17(22)23/h1-8,17H,(H2,26,27,28,29,30). The zero-order chi connectivity index (χ0) is 23.5. The van der Waals surface area contributed by atoms with E-state index in [1.54, 1.807) is 0 Å². The Morgan fingerprint density at radius 3 is 2.28 bits per heavy atom. The number of imide groups is 1. The first-order valence-corrected chi connectivity index (χ1v) is 9.31. The van der Waals surface area contributed by atoms with Crippen LogP contribution in [0.5, 0.6) is 5.75 Å². The van der Waals surface area contributed by atoms with E-state index in [-0.39, 0.29) is 27.2 Å². The second-order valence-electron chi connectivity index (χ2n) is 6.07. The summed E-state index contributed by atoms with van der Waals surface area (Å²) in [7, 11) is 0. The molecule has 1 heterocycles. The highest BCUT2D eigenvalue weighted by Gasteiger charge is 2.43. The minimum absolute atomic E-state index is 0.0465. The van der Waals surface area contributed by atoms with Crippen LogP contribution in [0, 0.1) is 0 Å². The van der Waals surface area contributed by atoms with Gasteiger partial charge in [0, 0.05) is 11.6 Å². The van der Waals surface area contributed by atoms with Crippen LogP contribution in [-0.4, -0.2) is 29.6 Å². The summed E-state index contributed by atoms with van der Waals surface area (Å²) in [6.45, 7) is 0. The summed E-state index contributed by atoms with van der Waals surface area (Å²) in [6, 6.07) is 9.26. The van der Waals surface area contributed by atoms with Crippen molar-refractivity contribution in [1.82, 2.24) is 10.5 Å². The van der Waals surface area contributed by atoms with Gasteiger partial charge in [0.25, 0.3) is 5.91 Å². The molecular formula is C19H11Cl2F4N3O4. The molecule has 3 rings (SSSR count). The summed E-state index contributed by atoms with van der Waals surface area (Å²) in [5.41, 5.74) is 0.226. The Morgan fingerprint density at radius 2 is 1.69 bits per heavy atom. The Balaban J connectivity index is 1.63. The zero-order valence-electron chi connectivity index (χ0n) is 15.5. The van der Waals surface area contributed by atoms with Crippen molar-refractivity contribution in [1.29, 1.82) is 0 Å². The summed E-state index contributed by atoms with van der Waals surface area (Å²) < 4.78 is 59.2. The minimum Gasteiger partial charge on any atom is -0.428 e. The van der Waals surface area contributed by atoms with E-state index < -0.39 is 30.2 Å². The van der Waals surface area contributed by atoms with E-state index in [4.69, 9.17) is 27.7 Å². The molecule has 0 bridgehead atoms. The SMILES string of the molecule is O=C(NC(=O)c1c(Cl)cccc1Cl)Nc1cc(-c2ccc(OC(F)(F)C(F)F)cc2)on1. The molecule has 0 aliphatic carbocycles. The number of carbonyl (C=O) groups is 2. The lowest BCUT2D eigenvalue weighted by Crippen LogP contribution is -2.34. The van der Waals surface area contributed by atoms with Crippen molar-refractivity contribution in [3.05, 3.63) is 64.1 Å². The average Bonchev–Trinajstić information content (AvgIpc) is 3.16. The number of nitrogens with zero attached hydrogens (tertiary/aromatic N) is 1. The largest absolute Gasteiger partial charge is 0.461 e. The van der Waals surface area contributed by atoms with Crippen LogP contribution in [0.15, 0.2) is 53.1 Å². The Bertz CT molecular complexity index is 1120. The van der Waals surface area contributed by atoms with Crippen molar-refractivity contribution >= 4 is 41.0 Å². The molecule has 3 aromatic rings.